The molecule has 0 saturated heterocycles. The van der Waals surface area contributed by atoms with Crippen LogP contribution in [0.3, 0.4) is 0 Å². The van der Waals surface area contributed by atoms with E-state index >= 15 is 0 Å². The van der Waals surface area contributed by atoms with Crippen molar-refractivity contribution >= 4 is 11.6 Å². The topological polar surface area (TPSA) is 16.1 Å². The zero-order valence-electron chi connectivity index (χ0n) is 10.7. The lowest BCUT2D eigenvalue weighted by Crippen LogP contribution is -2.35. The van der Waals surface area contributed by atoms with Gasteiger partial charge in [-0.25, -0.2) is 4.98 Å². The Labute approximate surface area is 109 Å². The highest BCUT2D eigenvalue weighted by molar-refractivity contribution is 6.29. The number of aromatic nitrogens is 1. The van der Waals surface area contributed by atoms with Gasteiger partial charge in [0.1, 0.15) is 5.15 Å². The van der Waals surface area contributed by atoms with E-state index in [-0.39, 0.29) is 0 Å². The zero-order chi connectivity index (χ0) is 12.3. The van der Waals surface area contributed by atoms with E-state index in [1.807, 2.05) is 12.3 Å². The molecule has 0 aromatic carbocycles. The van der Waals surface area contributed by atoms with Gasteiger partial charge in [0.25, 0.3) is 0 Å². The lowest BCUT2D eigenvalue weighted by molar-refractivity contribution is 0.157. The summed E-state index contributed by atoms with van der Waals surface area (Å²) in [5.41, 5.74) is 1.25. The summed E-state index contributed by atoms with van der Waals surface area (Å²) in [4.78, 5) is 6.59. The van der Waals surface area contributed by atoms with E-state index in [4.69, 9.17) is 11.6 Å². The van der Waals surface area contributed by atoms with Gasteiger partial charge in [0, 0.05) is 18.8 Å². The van der Waals surface area contributed by atoms with Crippen LogP contribution in [0.25, 0.3) is 0 Å². The number of halogens is 1. The van der Waals surface area contributed by atoms with Crippen LogP contribution in [0.1, 0.15) is 38.2 Å². The van der Waals surface area contributed by atoms with E-state index < -0.39 is 0 Å². The molecule has 2 rings (SSSR count). The molecule has 0 radical (unpaired) electrons. The standard InChI is InChI=1S/C14H21ClN2/c1-11-4-3-5-13(8-11)17(2)10-12-6-7-14(15)16-9-12/h6-7,9,11,13H,3-5,8,10H2,1-2H3. The fraction of sp³-hybridized carbons (Fsp3) is 0.643. The lowest BCUT2D eigenvalue weighted by Gasteiger charge is -2.34. The van der Waals surface area contributed by atoms with Crippen LogP contribution in [0.4, 0.5) is 0 Å². The Morgan fingerprint density at radius 2 is 2.24 bits per heavy atom. The summed E-state index contributed by atoms with van der Waals surface area (Å²) in [6, 6.07) is 4.67. The molecule has 3 heteroatoms. The van der Waals surface area contributed by atoms with Gasteiger partial charge >= 0.3 is 0 Å². The summed E-state index contributed by atoms with van der Waals surface area (Å²) in [5.74, 6) is 0.875. The minimum absolute atomic E-state index is 0.572. The fourth-order valence-electron chi connectivity index (χ4n) is 2.72. The van der Waals surface area contributed by atoms with Crippen LogP contribution in [-0.4, -0.2) is 23.0 Å². The van der Waals surface area contributed by atoms with Crippen LogP contribution in [-0.2, 0) is 6.54 Å². The van der Waals surface area contributed by atoms with Crippen LogP contribution >= 0.6 is 11.6 Å². The molecule has 0 amide bonds. The summed E-state index contributed by atoms with van der Waals surface area (Å²) in [6.07, 6.45) is 7.31. The molecule has 1 aromatic rings. The second-order valence-corrected chi connectivity index (χ2v) is 5.72. The van der Waals surface area contributed by atoms with Crippen LogP contribution < -0.4 is 0 Å². The third-order valence-corrected chi connectivity index (χ3v) is 3.98. The molecule has 0 N–H and O–H groups in total. The third kappa shape index (κ3) is 3.68. The normalized spacial score (nSPS) is 25.2. The van der Waals surface area contributed by atoms with Crippen molar-refractivity contribution < 1.29 is 0 Å². The molecule has 1 aromatic heterocycles. The molecular formula is C14H21ClN2. The van der Waals surface area contributed by atoms with Crippen molar-refractivity contribution in [2.75, 3.05) is 7.05 Å². The quantitative estimate of drug-likeness (QED) is 0.762. The highest BCUT2D eigenvalue weighted by Crippen LogP contribution is 2.27. The molecular weight excluding hydrogens is 232 g/mol. The molecule has 2 unspecified atom stereocenters. The van der Waals surface area contributed by atoms with Crippen molar-refractivity contribution in [1.82, 2.24) is 9.88 Å². The predicted molar refractivity (Wildman–Crippen MR) is 72.1 cm³/mol. The Balaban J connectivity index is 1.91. The van der Waals surface area contributed by atoms with Crippen molar-refractivity contribution in [2.45, 2.75) is 45.2 Å². The Bertz CT molecular complexity index is 350. The van der Waals surface area contributed by atoms with Gasteiger partial charge in [-0.15, -0.1) is 0 Å². The van der Waals surface area contributed by atoms with Crippen molar-refractivity contribution in [3.8, 4) is 0 Å². The average molecular weight is 253 g/mol. The number of hydrogen-bond acceptors (Lipinski definition) is 2. The van der Waals surface area contributed by atoms with E-state index in [1.165, 1.54) is 31.2 Å². The molecule has 1 aliphatic carbocycles. The second-order valence-electron chi connectivity index (χ2n) is 5.33. The SMILES string of the molecule is CC1CCCC(N(C)Cc2ccc(Cl)nc2)C1. The van der Waals surface area contributed by atoms with Gasteiger partial charge in [0.2, 0.25) is 0 Å². The van der Waals surface area contributed by atoms with E-state index in [0.717, 1.165) is 18.5 Å². The highest BCUT2D eigenvalue weighted by Gasteiger charge is 2.22. The Hall–Kier alpha value is -0.600. The molecule has 1 saturated carbocycles. The Morgan fingerprint density at radius 1 is 1.41 bits per heavy atom. The van der Waals surface area contributed by atoms with Gasteiger partial charge < -0.3 is 0 Å². The molecule has 1 aliphatic rings. The van der Waals surface area contributed by atoms with Gasteiger partial charge in [-0.05, 0) is 37.4 Å². The van der Waals surface area contributed by atoms with Crippen LogP contribution in [0.5, 0.6) is 0 Å². The number of hydrogen-bond donors (Lipinski definition) is 0. The molecule has 2 nitrogen and oxygen atoms in total. The van der Waals surface area contributed by atoms with Crippen LogP contribution in [0.15, 0.2) is 18.3 Å². The van der Waals surface area contributed by atoms with E-state index in [2.05, 4.69) is 29.9 Å². The van der Waals surface area contributed by atoms with Gasteiger partial charge in [-0.2, -0.15) is 0 Å². The number of rotatable bonds is 3. The maximum atomic E-state index is 5.79. The average Bonchev–Trinajstić information content (AvgIpc) is 2.32. The first-order chi connectivity index (χ1) is 8.15. The first-order valence-corrected chi connectivity index (χ1v) is 6.83. The minimum Gasteiger partial charge on any atom is -0.299 e. The van der Waals surface area contributed by atoms with Crippen molar-refractivity contribution in [1.29, 1.82) is 0 Å². The molecule has 1 heterocycles. The minimum atomic E-state index is 0.572. The molecule has 0 bridgehead atoms. The molecule has 0 spiro atoms. The van der Waals surface area contributed by atoms with Gasteiger partial charge in [0.05, 0.1) is 0 Å². The Kier molecular flexibility index (Phi) is 4.41. The molecule has 17 heavy (non-hydrogen) atoms. The number of pyridine rings is 1. The predicted octanol–water partition coefficient (Wildman–Crippen LogP) is 3.75. The molecule has 94 valence electrons. The summed E-state index contributed by atoms with van der Waals surface area (Å²) in [7, 11) is 2.22. The van der Waals surface area contributed by atoms with E-state index in [1.54, 1.807) is 0 Å². The van der Waals surface area contributed by atoms with Gasteiger partial charge in [-0.3, -0.25) is 4.90 Å². The summed E-state index contributed by atoms with van der Waals surface area (Å²) < 4.78 is 0. The van der Waals surface area contributed by atoms with Crippen LogP contribution in [0.2, 0.25) is 5.15 Å². The second kappa shape index (κ2) is 5.83. The molecule has 1 fully saturated rings. The fourth-order valence-corrected chi connectivity index (χ4v) is 2.83. The summed E-state index contributed by atoms with van der Waals surface area (Å²) in [5, 5.41) is 0.572. The first kappa shape index (κ1) is 12.8. The maximum Gasteiger partial charge on any atom is 0.129 e. The summed E-state index contributed by atoms with van der Waals surface area (Å²) in [6.45, 7) is 3.34. The van der Waals surface area contributed by atoms with Crippen molar-refractivity contribution in [2.24, 2.45) is 5.92 Å². The van der Waals surface area contributed by atoms with Crippen molar-refractivity contribution in [3.63, 3.8) is 0 Å². The third-order valence-electron chi connectivity index (χ3n) is 3.75. The lowest BCUT2D eigenvalue weighted by atomic mass is 9.86. The van der Waals surface area contributed by atoms with Gasteiger partial charge in [-0.1, -0.05) is 37.4 Å². The summed E-state index contributed by atoms with van der Waals surface area (Å²) >= 11 is 5.79. The van der Waals surface area contributed by atoms with Crippen molar-refractivity contribution in [3.05, 3.63) is 29.0 Å². The number of nitrogens with zero attached hydrogens (tertiary/aromatic N) is 2. The monoisotopic (exact) mass is 252 g/mol. The molecule has 0 aliphatic heterocycles. The van der Waals surface area contributed by atoms with E-state index in [9.17, 15) is 0 Å². The molecule has 2 atom stereocenters. The maximum absolute atomic E-state index is 5.79. The highest BCUT2D eigenvalue weighted by atomic mass is 35.5. The van der Waals surface area contributed by atoms with Gasteiger partial charge in [0.15, 0.2) is 0 Å². The van der Waals surface area contributed by atoms with Crippen LogP contribution in [0, 0.1) is 5.92 Å². The largest absolute Gasteiger partial charge is 0.299 e. The smallest absolute Gasteiger partial charge is 0.129 e. The van der Waals surface area contributed by atoms with E-state index in [0.29, 0.717) is 5.15 Å². The Morgan fingerprint density at radius 3 is 2.88 bits per heavy atom. The first-order valence-electron chi connectivity index (χ1n) is 6.46. The zero-order valence-corrected chi connectivity index (χ0v) is 11.5.